The van der Waals surface area contributed by atoms with Crippen molar-refractivity contribution in [2.75, 3.05) is 6.61 Å². The number of aryl methyl sites for hydroxylation is 1. The topological polar surface area (TPSA) is 82.2 Å². The molecule has 0 aliphatic carbocycles. The Balaban J connectivity index is 2.20. The maximum Gasteiger partial charge on any atom is 0.257 e. The zero-order chi connectivity index (χ0) is 14.5. The van der Waals surface area contributed by atoms with Crippen LogP contribution in [0.25, 0.3) is 0 Å². The SMILES string of the molecule is Cc1cc(=O)c(C(=O)NC(CO)c2ccccc2)c[nH]1. The molecule has 1 aromatic heterocycles. The van der Waals surface area contributed by atoms with Gasteiger partial charge in [0.1, 0.15) is 5.56 Å². The van der Waals surface area contributed by atoms with Crippen LogP contribution in [-0.4, -0.2) is 22.6 Å². The molecular formula is C15H16N2O3. The van der Waals surface area contributed by atoms with Crippen LogP contribution >= 0.6 is 0 Å². The van der Waals surface area contributed by atoms with Gasteiger partial charge in [-0.3, -0.25) is 9.59 Å². The minimum absolute atomic E-state index is 0.0324. The van der Waals surface area contributed by atoms with Crippen LogP contribution in [0.1, 0.15) is 27.7 Å². The molecule has 1 unspecified atom stereocenters. The van der Waals surface area contributed by atoms with E-state index >= 15 is 0 Å². The van der Waals surface area contributed by atoms with Crippen molar-refractivity contribution in [3.63, 3.8) is 0 Å². The monoisotopic (exact) mass is 272 g/mol. The fourth-order valence-corrected chi connectivity index (χ4v) is 1.91. The number of aromatic nitrogens is 1. The third kappa shape index (κ3) is 3.13. The summed E-state index contributed by atoms with van der Waals surface area (Å²) in [6.07, 6.45) is 1.38. The summed E-state index contributed by atoms with van der Waals surface area (Å²) in [7, 11) is 0. The number of carbonyl (C=O) groups excluding carboxylic acids is 1. The number of aliphatic hydroxyl groups is 1. The molecule has 0 radical (unpaired) electrons. The first-order chi connectivity index (χ1) is 9.61. The average Bonchev–Trinajstić information content (AvgIpc) is 2.45. The van der Waals surface area contributed by atoms with Crippen LogP contribution in [0.4, 0.5) is 0 Å². The Morgan fingerprint density at radius 3 is 2.65 bits per heavy atom. The van der Waals surface area contributed by atoms with Gasteiger partial charge in [-0.25, -0.2) is 0 Å². The van der Waals surface area contributed by atoms with Gasteiger partial charge in [-0.2, -0.15) is 0 Å². The molecule has 104 valence electrons. The standard InChI is InChI=1S/C15H16N2O3/c1-10-7-14(19)12(8-16-10)15(20)17-13(9-18)11-5-3-2-4-6-11/h2-8,13,18H,9H2,1H3,(H,16,19)(H,17,20). The van der Waals surface area contributed by atoms with Gasteiger partial charge in [0, 0.05) is 18.0 Å². The lowest BCUT2D eigenvalue weighted by molar-refractivity contribution is 0.0914. The molecule has 0 aliphatic rings. The van der Waals surface area contributed by atoms with Crippen molar-refractivity contribution in [2.45, 2.75) is 13.0 Å². The van der Waals surface area contributed by atoms with Gasteiger partial charge in [-0.1, -0.05) is 30.3 Å². The maximum atomic E-state index is 12.1. The molecule has 0 fully saturated rings. The number of aromatic amines is 1. The van der Waals surface area contributed by atoms with Gasteiger partial charge in [-0.05, 0) is 12.5 Å². The van der Waals surface area contributed by atoms with Crippen LogP contribution in [0, 0.1) is 6.92 Å². The molecular weight excluding hydrogens is 256 g/mol. The highest BCUT2D eigenvalue weighted by atomic mass is 16.3. The third-order valence-corrected chi connectivity index (χ3v) is 2.99. The highest BCUT2D eigenvalue weighted by molar-refractivity contribution is 5.94. The van der Waals surface area contributed by atoms with Gasteiger partial charge in [0.15, 0.2) is 5.43 Å². The summed E-state index contributed by atoms with van der Waals surface area (Å²) in [4.78, 5) is 26.7. The second kappa shape index (κ2) is 6.16. The largest absolute Gasteiger partial charge is 0.394 e. The van der Waals surface area contributed by atoms with Crippen molar-refractivity contribution in [1.82, 2.24) is 10.3 Å². The predicted octanol–water partition coefficient (Wildman–Crippen LogP) is 1.15. The van der Waals surface area contributed by atoms with Crippen molar-refractivity contribution in [3.8, 4) is 0 Å². The minimum Gasteiger partial charge on any atom is -0.394 e. The third-order valence-electron chi connectivity index (χ3n) is 2.99. The quantitative estimate of drug-likeness (QED) is 0.780. The Morgan fingerprint density at radius 1 is 1.35 bits per heavy atom. The van der Waals surface area contributed by atoms with E-state index in [4.69, 9.17) is 0 Å². The zero-order valence-electron chi connectivity index (χ0n) is 11.1. The van der Waals surface area contributed by atoms with E-state index in [9.17, 15) is 14.7 Å². The molecule has 0 saturated carbocycles. The maximum absolute atomic E-state index is 12.1. The molecule has 2 aromatic rings. The summed E-state index contributed by atoms with van der Waals surface area (Å²) >= 11 is 0. The lowest BCUT2D eigenvalue weighted by Crippen LogP contribution is -2.33. The van der Waals surface area contributed by atoms with E-state index in [1.165, 1.54) is 12.3 Å². The van der Waals surface area contributed by atoms with Gasteiger partial charge < -0.3 is 15.4 Å². The molecule has 1 heterocycles. The number of hydrogen-bond acceptors (Lipinski definition) is 3. The van der Waals surface area contributed by atoms with E-state index in [0.717, 1.165) is 5.56 Å². The van der Waals surface area contributed by atoms with E-state index in [0.29, 0.717) is 5.69 Å². The first-order valence-corrected chi connectivity index (χ1v) is 6.28. The Kier molecular flexibility index (Phi) is 4.32. The van der Waals surface area contributed by atoms with E-state index in [2.05, 4.69) is 10.3 Å². The lowest BCUT2D eigenvalue weighted by Gasteiger charge is -2.16. The van der Waals surface area contributed by atoms with Crippen LogP contribution in [0.2, 0.25) is 0 Å². The number of amides is 1. The van der Waals surface area contributed by atoms with Crippen molar-refractivity contribution >= 4 is 5.91 Å². The molecule has 1 atom stereocenters. The summed E-state index contributed by atoms with van der Waals surface area (Å²) < 4.78 is 0. The number of H-pyrrole nitrogens is 1. The van der Waals surface area contributed by atoms with Crippen molar-refractivity contribution in [2.24, 2.45) is 0 Å². The highest BCUT2D eigenvalue weighted by Crippen LogP contribution is 2.12. The smallest absolute Gasteiger partial charge is 0.257 e. The molecule has 0 bridgehead atoms. The summed E-state index contributed by atoms with van der Waals surface area (Å²) in [6, 6.07) is 9.94. The van der Waals surface area contributed by atoms with Gasteiger partial charge in [0.05, 0.1) is 12.6 Å². The van der Waals surface area contributed by atoms with Crippen LogP contribution in [0.3, 0.4) is 0 Å². The summed E-state index contributed by atoms with van der Waals surface area (Å²) in [5, 5.41) is 12.0. The van der Waals surface area contributed by atoms with Gasteiger partial charge in [0.25, 0.3) is 5.91 Å². The van der Waals surface area contributed by atoms with E-state index in [1.54, 1.807) is 19.1 Å². The fourth-order valence-electron chi connectivity index (χ4n) is 1.91. The van der Waals surface area contributed by atoms with Crippen LogP contribution < -0.4 is 10.7 Å². The van der Waals surface area contributed by atoms with Crippen LogP contribution in [0.15, 0.2) is 47.4 Å². The summed E-state index contributed by atoms with van der Waals surface area (Å²) in [5.41, 5.74) is 1.16. The lowest BCUT2D eigenvalue weighted by atomic mass is 10.1. The van der Waals surface area contributed by atoms with Crippen molar-refractivity contribution in [3.05, 3.63) is 69.6 Å². The van der Waals surface area contributed by atoms with Crippen LogP contribution in [-0.2, 0) is 0 Å². The molecule has 2 rings (SSSR count). The second-order valence-corrected chi connectivity index (χ2v) is 4.51. The number of benzene rings is 1. The molecule has 0 saturated heterocycles. The highest BCUT2D eigenvalue weighted by Gasteiger charge is 2.16. The molecule has 5 nitrogen and oxygen atoms in total. The number of rotatable bonds is 4. The Labute approximate surface area is 116 Å². The summed E-state index contributed by atoms with van der Waals surface area (Å²) in [6.45, 7) is 1.50. The van der Waals surface area contributed by atoms with Crippen molar-refractivity contribution in [1.29, 1.82) is 0 Å². The van der Waals surface area contributed by atoms with E-state index in [1.807, 2.05) is 18.2 Å². The molecule has 1 amide bonds. The Hall–Kier alpha value is -2.40. The normalized spacial score (nSPS) is 11.9. The zero-order valence-corrected chi connectivity index (χ0v) is 11.1. The molecule has 0 spiro atoms. The molecule has 3 N–H and O–H groups in total. The van der Waals surface area contributed by atoms with Gasteiger partial charge in [-0.15, -0.1) is 0 Å². The fraction of sp³-hybridized carbons (Fsp3) is 0.200. The van der Waals surface area contributed by atoms with Crippen molar-refractivity contribution < 1.29 is 9.90 Å². The molecule has 5 heteroatoms. The number of pyridine rings is 1. The first-order valence-electron chi connectivity index (χ1n) is 6.28. The van der Waals surface area contributed by atoms with Gasteiger partial charge >= 0.3 is 0 Å². The van der Waals surface area contributed by atoms with Gasteiger partial charge in [0.2, 0.25) is 0 Å². The number of carbonyl (C=O) groups is 1. The van der Waals surface area contributed by atoms with E-state index < -0.39 is 11.9 Å². The first kappa shape index (κ1) is 14.0. The molecule has 1 aromatic carbocycles. The Bertz CT molecular complexity index is 650. The minimum atomic E-state index is -0.538. The number of nitrogens with one attached hydrogen (secondary N) is 2. The molecule has 20 heavy (non-hydrogen) atoms. The predicted molar refractivity (Wildman–Crippen MR) is 75.5 cm³/mol. The second-order valence-electron chi connectivity index (χ2n) is 4.51. The Morgan fingerprint density at radius 2 is 2.05 bits per heavy atom. The van der Waals surface area contributed by atoms with E-state index in [-0.39, 0.29) is 17.6 Å². The number of aliphatic hydroxyl groups excluding tert-OH is 1. The number of hydrogen-bond donors (Lipinski definition) is 3. The molecule has 0 aliphatic heterocycles. The summed E-state index contributed by atoms with van der Waals surface area (Å²) in [5.74, 6) is -0.505. The van der Waals surface area contributed by atoms with Crippen LogP contribution in [0.5, 0.6) is 0 Å². The average molecular weight is 272 g/mol.